The van der Waals surface area contributed by atoms with Gasteiger partial charge in [-0.2, -0.15) is 13.2 Å². The van der Waals surface area contributed by atoms with E-state index in [1.54, 1.807) is 24.3 Å². The van der Waals surface area contributed by atoms with Crippen molar-refractivity contribution in [3.05, 3.63) is 81.5 Å². The zero-order valence-corrected chi connectivity index (χ0v) is 16.1. The minimum atomic E-state index is -4.57. The number of allylic oxidation sites excluding steroid dienone is 1. The van der Waals surface area contributed by atoms with Crippen LogP contribution < -0.4 is 4.90 Å². The second kappa shape index (κ2) is 7.75. The van der Waals surface area contributed by atoms with Crippen LogP contribution in [0.2, 0.25) is 5.02 Å². The van der Waals surface area contributed by atoms with Gasteiger partial charge in [0, 0.05) is 16.4 Å². The molecule has 0 radical (unpaired) electrons. The largest absolute Gasteiger partial charge is 0.465 e. The van der Waals surface area contributed by atoms with Crippen molar-refractivity contribution in [2.45, 2.75) is 13.1 Å². The minimum absolute atomic E-state index is 0.00807. The Bertz CT molecular complexity index is 1060. The van der Waals surface area contributed by atoms with Gasteiger partial charge in [-0.1, -0.05) is 35.9 Å². The first-order chi connectivity index (χ1) is 13.6. The zero-order chi connectivity index (χ0) is 21.3. The predicted octanol–water partition coefficient (Wildman–Crippen LogP) is 5.24. The molecule has 1 aliphatic rings. The summed E-state index contributed by atoms with van der Waals surface area (Å²) < 4.78 is 44.1. The lowest BCUT2D eigenvalue weighted by Gasteiger charge is -2.19. The summed E-state index contributed by atoms with van der Waals surface area (Å²) in [4.78, 5) is 26.5. The number of anilines is 1. The summed E-state index contributed by atoms with van der Waals surface area (Å²) in [5.74, 6) is -1.43. The van der Waals surface area contributed by atoms with E-state index < -0.39 is 23.6 Å². The van der Waals surface area contributed by atoms with Crippen LogP contribution in [0.15, 0.2) is 65.4 Å². The van der Waals surface area contributed by atoms with Gasteiger partial charge in [0.1, 0.15) is 0 Å². The number of carbonyl (C=O) groups is 2. The van der Waals surface area contributed by atoms with Crippen LogP contribution in [-0.2, 0) is 20.5 Å². The van der Waals surface area contributed by atoms with Gasteiger partial charge < -0.3 is 4.74 Å². The SMILES string of the molecule is COC(=O)C1=C(C)N(c2cccc(C(F)(F)F)c2)C(=O)/C1=C\c1ccccc1Cl. The molecule has 0 saturated heterocycles. The van der Waals surface area contributed by atoms with Gasteiger partial charge in [0.2, 0.25) is 0 Å². The Labute approximate surface area is 169 Å². The standard InChI is InChI=1S/C21H15ClF3NO3/c1-12-18(20(28)29-2)16(10-13-6-3-4-9-17(13)22)19(27)26(12)15-8-5-7-14(11-15)21(23,24)25/h3-11H,1-2H3/b16-10-. The van der Waals surface area contributed by atoms with E-state index in [1.165, 1.54) is 25.1 Å². The molecule has 4 nitrogen and oxygen atoms in total. The molecule has 0 atom stereocenters. The molecular formula is C21H15ClF3NO3. The van der Waals surface area contributed by atoms with Crippen molar-refractivity contribution in [3.63, 3.8) is 0 Å². The number of esters is 1. The molecule has 2 aromatic carbocycles. The Balaban J connectivity index is 2.17. The van der Waals surface area contributed by atoms with Crippen molar-refractivity contribution in [1.82, 2.24) is 0 Å². The van der Waals surface area contributed by atoms with Gasteiger partial charge in [-0.25, -0.2) is 4.79 Å². The van der Waals surface area contributed by atoms with Crippen LogP contribution in [0.3, 0.4) is 0 Å². The predicted molar refractivity (Wildman–Crippen MR) is 103 cm³/mol. The van der Waals surface area contributed by atoms with E-state index in [4.69, 9.17) is 16.3 Å². The highest BCUT2D eigenvalue weighted by atomic mass is 35.5. The number of benzene rings is 2. The highest BCUT2D eigenvalue weighted by Crippen LogP contribution is 2.38. The van der Waals surface area contributed by atoms with Crippen LogP contribution in [-0.4, -0.2) is 19.0 Å². The topological polar surface area (TPSA) is 46.6 Å². The van der Waals surface area contributed by atoms with Crippen LogP contribution in [0, 0.1) is 0 Å². The quantitative estimate of drug-likeness (QED) is 0.503. The molecule has 29 heavy (non-hydrogen) atoms. The van der Waals surface area contributed by atoms with E-state index in [0.717, 1.165) is 24.1 Å². The van der Waals surface area contributed by atoms with Crippen LogP contribution in [0.25, 0.3) is 6.08 Å². The van der Waals surface area contributed by atoms with Crippen LogP contribution >= 0.6 is 11.6 Å². The highest BCUT2D eigenvalue weighted by molar-refractivity contribution is 6.32. The number of amides is 1. The first-order valence-electron chi connectivity index (χ1n) is 8.42. The molecule has 0 fully saturated rings. The maximum absolute atomic E-state index is 13.1. The lowest BCUT2D eigenvalue weighted by atomic mass is 10.0. The monoisotopic (exact) mass is 421 g/mol. The summed E-state index contributed by atoms with van der Waals surface area (Å²) in [6.45, 7) is 1.47. The smallest absolute Gasteiger partial charge is 0.416 e. The summed E-state index contributed by atoms with van der Waals surface area (Å²) in [7, 11) is 1.16. The third-order valence-electron chi connectivity index (χ3n) is 4.43. The molecule has 150 valence electrons. The van der Waals surface area contributed by atoms with Crippen LogP contribution in [0.5, 0.6) is 0 Å². The van der Waals surface area contributed by atoms with Crippen molar-refractivity contribution < 1.29 is 27.5 Å². The lowest BCUT2D eigenvalue weighted by molar-refractivity contribution is -0.137. The number of hydrogen-bond donors (Lipinski definition) is 0. The fourth-order valence-corrected chi connectivity index (χ4v) is 3.25. The minimum Gasteiger partial charge on any atom is -0.465 e. The van der Waals surface area contributed by atoms with E-state index in [0.29, 0.717) is 10.6 Å². The third-order valence-corrected chi connectivity index (χ3v) is 4.77. The molecule has 1 heterocycles. The molecule has 0 aliphatic carbocycles. The van der Waals surface area contributed by atoms with Crippen molar-refractivity contribution in [3.8, 4) is 0 Å². The fraction of sp³-hybridized carbons (Fsp3) is 0.143. The number of methoxy groups -OCH3 is 1. The number of ether oxygens (including phenoxy) is 1. The second-order valence-corrected chi connectivity index (χ2v) is 6.63. The van der Waals surface area contributed by atoms with Crippen LogP contribution in [0.1, 0.15) is 18.1 Å². The Morgan fingerprint density at radius 1 is 1.14 bits per heavy atom. The maximum Gasteiger partial charge on any atom is 0.416 e. The molecule has 0 N–H and O–H groups in total. The van der Waals surface area contributed by atoms with E-state index in [-0.39, 0.29) is 22.5 Å². The molecule has 3 rings (SSSR count). The summed E-state index contributed by atoms with van der Waals surface area (Å²) in [5, 5.41) is 0.354. The average molecular weight is 422 g/mol. The molecule has 0 unspecified atom stereocenters. The second-order valence-electron chi connectivity index (χ2n) is 6.22. The summed E-state index contributed by atoms with van der Waals surface area (Å²) in [6.07, 6.45) is -3.15. The number of nitrogens with zero attached hydrogens (tertiary/aromatic N) is 1. The van der Waals surface area contributed by atoms with Gasteiger partial charge in [-0.15, -0.1) is 0 Å². The first kappa shape index (κ1) is 20.7. The number of rotatable bonds is 3. The van der Waals surface area contributed by atoms with Gasteiger partial charge in [0.05, 0.1) is 23.8 Å². The van der Waals surface area contributed by atoms with Crippen molar-refractivity contribution in [1.29, 1.82) is 0 Å². The molecule has 0 spiro atoms. The Kier molecular flexibility index (Phi) is 5.53. The summed E-state index contributed by atoms with van der Waals surface area (Å²) in [5.41, 5.74) is -0.308. The van der Waals surface area contributed by atoms with E-state index in [2.05, 4.69) is 0 Å². The first-order valence-corrected chi connectivity index (χ1v) is 8.80. The van der Waals surface area contributed by atoms with E-state index in [1.807, 2.05) is 0 Å². The van der Waals surface area contributed by atoms with Crippen molar-refractivity contribution in [2.75, 3.05) is 12.0 Å². The zero-order valence-electron chi connectivity index (χ0n) is 15.4. The maximum atomic E-state index is 13.1. The number of hydrogen-bond acceptors (Lipinski definition) is 3. The molecule has 0 saturated carbocycles. The normalized spacial score (nSPS) is 16.0. The van der Waals surface area contributed by atoms with E-state index in [9.17, 15) is 22.8 Å². The average Bonchev–Trinajstić information content (AvgIpc) is 2.92. The molecule has 1 amide bonds. The van der Waals surface area contributed by atoms with Crippen LogP contribution in [0.4, 0.5) is 18.9 Å². The molecule has 0 bridgehead atoms. The molecular weight excluding hydrogens is 407 g/mol. The number of halogens is 4. The van der Waals surface area contributed by atoms with Crippen molar-refractivity contribution in [2.24, 2.45) is 0 Å². The third kappa shape index (κ3) is 3.91. The van der Waals surface area contributed by atoms with E-state index >= 15 is 0 Å². The van der Waals surface area contributed by atoms with Crippen molar-refractivity contribution >= 4 is 35.2 Å². The Morgan fingerprint density at radius 2 is 1.83 bits per heavy atom. The van der Waals surface area contributed by atoms with Gasteiger partial charge >= 0.3 is 12.1 Å². The molecule has 1 aliphatic heterocycles. The fourth-order valence-electron chi connectivity index (χ4n) is 3.06. The van der Waals surface area contributed by atoms with Gasteiger partial charge in [-0.05, 0) is 42.8 Å². The Morgan fingerprint density at radius 3 is 2.45 bits per heavy atom. The Hall–Kier alpha value is -3.06. The van der Waals surface area contributed by atoms with Gasteiger partial charge in [0.15, 0.2) is 0 Å². The lowest BCUT2D eigenvalue weighted by Crippen LogP contribution is -2.25. The number of carbonyl (C=O) groups excluding carboxylic acids is 2. The highest BCUT2D eigenvalue weighted by Gasteiger charge is 2.39. The number of alkyl halides is 3. The molecule has 8 heteroatoms. The van der Waals surface area contributed by atoms with Gasteiger partial charge in [-0.3, -0.25) is 9.69 Å². The molecule has 2 aromatic rings. The summed E-state index contributed by atoms with van der Waals surface area (Å²) >= 11 is 6.15. The molecule has 0 aromatic heterocycles. The van der Waals surface area contributed by atoms with Gasteiger partial charge in [0.25, 0.3) is 5.91 Å². The summed E-state index contributed by atoms with van der Waals surface area (Å²) in [6, 6.07) is 11.0.